The van der Waals surface area contributed by atoms with Crippen LogP contribution in [0.5, 0.6) is 5.75 Å². The van der Waals surface area contributed by atoms with Gasteiger partial charge in [-0.25, -0.2) is 0 Å². The number of aryl methyl sites for hydroxylation is 1. The Labute approximate surface area is 160 Å². The van der Waals surface area contributed by atoms with E-state index in [0.29, 0.717) is 12.8 Å². The largest absolute Gasteiger partial charge is 0.494 e. The van der Waals surface area contributed by atoms with Crippen molar-refractivity contribution in [2.24, 2.45) is 5.92 Å². The Balaban J connectivity index is 1.28. The van der Waals surface area contributed by atoms with Crippen LogP contribution in [0.4, 0.5) is 0 Å². The minimum atomic E-state index is 0.360. The molecular formula is C22H28N2O3. The molecular weight excluding hydrogens is 340 g/mol. The highest BCUT2D eigenvalue weighted by molar-refractivity contribution is 5.87. The van der Waals surface area contributed by atoms with Gasteiger partial charge >= 0.3 is 0 Å². The van der Waals surface area contributed by atoms with Gasteiger partial charge in [-0.1, -0.05) is 12.1 Å². The maximum absolute atomic E-state index is 5.46. The number of aromatic nitrogens is 1. The monoisotopic (exact) mass is 368 g/mol. The summed E-state index contributed by atoms with van der Waals surface area (Å²) in [5.74, 6) is 2.58. The Morgan fingerprint density at radius 3 is 2.85 bits per heavy atom. The van der Waals surface area contributed by atoms with Gasteiger partial charge in [0, 0.05) is 17.6 Å². The number of hydrogen-bond donors (Lipinski definition) is 1. The molecule has 144 valence electrons. The lowest BCUT2D eigenvalue weighted by Gasteiger charge is -2.29. The van der Waals surface area contributed by atoms with E-state index < -0.39 is 0 Å². The highest BCUT2D eigenvalue weighted by Crippen LogP contribution is 2.31. The van der Waals surface area contributed by atoms with E-state index in [0.717, 1.165) is 35.9 Å². The number of nitrogens with one attached hydrogen (secondary N) is 1. The molecule has 5 heteroatoms. The summed E-state index contributed by atoms with van der Waals surface area (Å²) in [6, 6.07) is 8.94. The summed E-state index contributed by atoms with van der Waals surface area (Å²) in [4.78, 5) is 4.51. The fourth-order valence-corrected chi connectivity index (χ4v) is 4.21. The van der Waals surface area contributed by atoms with Crippen molar-refractivity contribution in [3.63, 3.8) is 0 Å². The highest BCUT2D eigenvalue weighted by Gasteiger charge is 2.21. The molecule has 1 aliphatic carbocycles. The van der Waals surface area contributed by atoms with Crippen LogP contribution in [0.2, 0.25) is 0 Å². The van der Waals surface area contributed by atoms with E-state index in [-0.39, 0.29) is 0 Å². The number of fused-ring (bicyclic) bond motifs is 1. The first kappa shape index (κ1) is 18.1. The molecule has 0 amide bonds. The average molecular weight is 368 g/mol. The molecule has 1 saturated carbocycles. The van der Waals surface area contributed by atoms with Gasteiger partial charge in [-0.05, 0) is 62.1 Å². The molecule has 5 nitrogen and oxygen atoms in total. The van der Waals surface area contributed by atoms with Crippen molar-refractivity contribution in [2.45, 2.75) is 44.6 Å². The summed E-state index contributed by atoms with van der Waals surface area (Å²) in [5.41, 5.74) is 2.35. The standard InChI is InChI=1S/C22H28N2O3/c1-25-21-4-2-3-20-17(11-12-23-22(20)21)8-5-16-6-9-18(10-7-16)24-13-19-14-26-15-27-19/h2-4,11-12,14,16,18,24H,5-10,13,15H2,1H3. The molecule has 2 heterocycles. The normalized spacial score (nSPS) is 22.2. The maximum Gasteiger partial charge on any atom is 0.229 e. The fourth-order valence-electron chi connectivity index (χ4n) is 4.21. The third-order valence-electron chi connectivity index (χ3n) is 5.81. The van der Waals surface area contributed by atoms with Crippen molar-refractivity contribution in [3.8, 4) is 5.75 Å². The molecule has 1 fully saturated rings. The van der Waals surface area contributed by atoms with Gasteiger partial charge in [-0.3, -0.25) is 4.98 Å². The van der Waals surface area contributed by atoms with Gasteiger partial charge < -0.3 is 19.5 Å². The Morgan fingerprint density at radius 2 is 2.07 bits per heavy atom. The van der Waals surface area contributed by atoms with Crippen LogP contribution in [0, 0.1) is 5.92 Å². The van der Waals surface area contributed by atoms with Crippen molar-refractivity contribution in [3.05, 3.63) is 48.0 Å². The molecule has 0 atom stereocenters. The van der Waals surface area contributed by atoms with Crippen LogP contribution in [0.15, 0.2) is 42.5 Å². The van der Waals surface area contributed by atoms with Gasteiger partial charge in [-0.2, -0.15) is 0 Å². The second-order valence-electron chi connectivity index (χ2n) is 7.48. The average Bonchev–Trinajstić information content (AvgIpc) is 3.24. The second kappa shape index (κ2) is 8.61. The lowest BCUT2D eigenvalue weighted by molar-refractivity contribution is 0.0781. The summed E-state index contributed by atoms with van der Waals surface area (Å²) < 4.78 is 15.9. The van der Waals surface area contributed by atoms with Gasteiger partial charge in [0.25, 0.3) is 0 Å². The molecule has 2 aromatic rings. The Kier molecular flexibility index (Phi) is 5.78. The number of benzene rings is 1. The lowest BCUT2D eigenvalue weighted by atomic mass is 9.82. The number of hydrogen-bond acceptors (Lipinski definition) is 5. The van der Waals surface area contributed by atoms with Gasteiger partial charge in [0.1, 0.15) is 23.3 Å². The van der Waals surface area contributed by atoms with Crippen LogP contribution in [0.1, 0.15) is 37.7 Å². The van der Waals surface area contributed by atoms with Crippen LogP contribution >= 0.6 is 0 Å². The van der Waals surface area contributed by atoms with Gasteiger partial charge in [0.15, 0.2) is 0 Å². The zero-order chi connectivity index (χ0) is 18.5. The second-order valence-corrected chi connectivity index (χ2v) is 7.48. The smallest absolute Gasteiger partial charge is 0.229 e. The Hall–Kier alpha value is -2.27. The highest BCUT2D eigenvalue weighted by atomic mass is 16.7. The molecule has 2 aliphatic rings. The predicted molar refractivity (Wildman–Crippen MR) is 105 cm³/mol. The summed E-state index contributed by atoms with van der Waals surface area (Å²) in [6.07, 6.45) is 11.0. The number of nitrogens with zero attached hydrogens (tertiary/aromatic N) is 1. The predicted octanol–water partition coefficient (Wildman–Crippen LogP) is 4.17. The molecule has 1 aromatic carbocycles. The van der Waals surface area contributed by atoms with Crippen molar-refractivity contribution < 1.29 is 14.2 Å². The van der Waals surface area contributed by atoms with Crippen molar-refractivity contribution in [1.82, 2.24) is 10.3 Å². The van der Waals surface area contributed by atoms with Gasteiger partial charge in [0.05, 0.1) is 13.7 Å². The van der Waals surface area contributed by atoms with Crippen molar-refractivity contribution >= 4 is 10.9 Å². The lowest BCUT2D eigenvalue weighted by Crippen LogP contribution is -2.34. The zero-order valence-electron chi connectivity index (χ0n) is 15.9. The fraction of sp³-hybridized carbons (Fsp3) is 0.500. The summed E-state index contributed by atoms with van der Waals surface area (Å²) in [5, 5.41) is 4.82. The number of rotatable bonds is 7. The third-order valence-corrected chi connectivity index (χ3v) is 5.81. The molecule has 1 aromatic heterocycles. The third kappa shape index (κ3) is 4.35. The molecule has 4 rings (SSSR count). The van der Waals surface area contributed by atoms with Crippen LogP contribution in [0.3, 0.4) is 0 Å². The van der Waals surface area contributed by atoms with E-state index in [1.807, 2.05) is 12.3 Å². The van der Waals surface area contributed by atoms with Crippen LogP contribution in [0.25, 0.3) is 10.9 Å². The van der Waals surface area contributed by atoms with Gasteiger partial charge in [-0.15, -0.1) is 0 Å². The van der Waals surface area contributed by atoms with E-state index in [1.165, 1.54) is 43.1 Å². The molecule has 0 bridgehead atoms. The minimum Gasteiger partial charge on any atom is -0.494 e. The molecule has 1 aliphatic heterocycles. The Bertz CT molecular complexity index is 797. The number of pyridine rings is 1. The van der Waals surface area contributed by atoms with Crippen molar-refractivity contribution in [1.29, 1.82) is 0 Å². The number of methoxy groups -OCH3 is 1. The van der Waals surface area contributed by atoms with E-state index in [9.17, 15) is 0 Å². The topological polar surface area (TPSA) is 52.6 Å². The van der Waals surface area contributed by atoms with Crippen LogP contribution in [-0.2, 0) is 15.9 Å². The first-order chi connectivity index (χ1) is 13.3. The van der Waals surface area contributed by atoms with E-state index >= 15 is 0 Å². The van der Waals surface area contributed by atoms with Crippen LogP contribution in [-0.4, -0.2) is 31.5 Å². The van der Waals surface area contributed by atoms with E-state index in [4.69, 9.17) is 14.2 Å². The molecule has 27 heavy (non-hydrogen) atoms. The van der Waals surface area contributed by atoms with Crippen LogP contribution < -0.4 is 10.1 Å². The first-order valence-corrected chi connectivity index (χ1v) is 9.91. The van der Waals surface area contributed by atoms with Gasteiger partial charge in [0.2, 0.25) is 6.79 Å². The van der Waals surface area contributed by atoms with Crippen molar-refractivity contribution in [2.75, 3.05) is 20.4 Å². The minimum absolute atomic E-state index is 0.360. The summed E-state index contributed by atoms with van der Waals surface area (Å²) >= 11 is 0. The first-order valence-electron chi connectivity index (χ1n) is 9.91. The molecule has 1 N–H and O–H groups in total. The SMILES string of the molecule is COc1cccc2c(CCC3CCC(NCC4=COCO4)CC3)ccnc12. The zero-order valence-corrected chi connectivity index (χ0v) is 15.9. The molecule has 0 spiro atoms. The molecule has 0 unspecified atom stereocenters. The Morgan fingerprint density at radius 1 is 1.19 bits per heavy atom. The quantitative estimate of drug-likeness (QED) is 0.795. The summed E-state index contributed by atoms with van der Waals surface area (Å²) in [7, 11) is 1.71. The van der Waals surface area contributed by atoms with E-state index in [2.05, 4.69) is 28.5 Å². The van der Waals surface area contributed by atoms with E-state index in [1.54, 1.807) is 13.4 Å². The summed E-state index contributed by atoms with van der Waals surface area (Å²) in [6.45, 7) is 1.14. The maximum atomic E-state index is 5.46. The molecule has 0 saturated heterocycles. The number of para-hydroxylation sites is 1. The number of ether oxygens (including phenoxy) is 3. The molecule has 0 radical (unpaired) electrons.